The van der Waals surface area contributed by atoms with Crippen LogP contribution in [0.5, 0.6) is 0 Å². The number of amides is 1. The van der Waals surface area contributed by atoms with E-state index in [2.05, 4.69) is 5.32 Å². The summed E-state index contributed by atoms with van der Waals surface area (Å²) in [4.78, 5) is 21.9. The van der Waals surface area contributed by atoms with E-state index in [1.165, 1.54) is 0 Å². The number of carbonyl (C=O) groups excluding carboxylic acids is 1. The Bertz CT molecular complexity index is 492. The highest BCUT2D eigenvalue weighted by Crippen LogP contribution is 2.20. The summed E-state index contributed by atoms with van der Waals surface area (Å²) in [6.45, 7) is 0. The molecule has 1 atom stereocenters. The summed E-state index contributed by atoms with van der Waals surface area (Å²) in [5.41, 5.74) is 0.469. The fraction of sp³-hybridized carbons (Fsp3) is 0.333. The highest BCUT2D eigenvalue weighted by Gasteiger charge is 2.10. The third kappa shape index (κ3) is 6.35. The van der Waals surface area contributed by atoms with Gasteiger partial charge in [0.15, 0.2) is 0 Å². The van der Waals surface area contributed by atoms with Gasteiger partial charge in [-0.05, 0) is 18.6 Å². The molecule has 0 aromatic heterocycles. The van der Waals surface area contributed by atoms with E-state index in [9.17, 15) is 13.8 Å². The van der Waals surface area contributed by atoms with Crippen LogP contribution in [0.2, 0.25) is 5.02 Å². The molecule has 5 nitrogen and oxygen atoms in total. The topological polar surface area (TPSA) is 83.5 Å². The van der Waals surface area contributed by atoms with Crippen molar-refractivity contribution in [2.45, 2.75) is 12.8 Å². The molecule has 0 aliphatic rings. The van der Waals surface area contributed by atoms with Crippen LogP contribution in [0.1, 0.15) is 12.8 Å². The van der Waals surface area contributed by atoms with Crippen LogP contribution in [0.25, 0.3) is 0 Å². The SMILES string of the molecule is O=C(O)CCCS(=O)CC(=O)Nc1ccccc1Cl. The fourth-order valence-corrected chi connectivity index (χ4v) is 2.51. The van der Waals surface area contributed by atoms with Crippen LogP contribution in [0.15, 0.2) is 24.3 Å². The van der Waals surface area contributed by atoms with Gasteiger partial charge in [-0.3, -0.25) is 13.8 Å². The molecule has 0 spiro atoms. The Kier molecular flexibility index (Phi) is 6.52. The maximum Gasteiger partial charge on any atom is 0.303 e. The van der Waals surface area contributed by atoms with Gasteiger partial charge in [0, 0.05) is 23.0 Å². The van der Waals surface area contributed by atoms with Gasteiger partial charge < -0.3 is 10.4 Å². The lowest BCUT2D eigenvalue weighted by Gasteiger charge is -2.06. The van der Waals surface area contributed by atoms with Crippen LogP contribution < -0.4 is 5.32 Å². The summed E-state index contributed by atoms with van der Waals surface area (Å²) in [5.74, 6) is -1.30. The molecule has 0 saturated carbocycles. The first-order valence-electron chi connectivity index (χ1n) is 5.60. The van der Waals surface area contributed by atoms with Crippen LogP contribution in [0.4, 0.5) is 5.69 Å². The lowest BCUT2D eigenvalue weighted by Crippen LogP contribution is -2.21. The van der Waals surface area contributed by atoms with Crippen LogP contribution in [0, 0.1) is 0 Å². The van der Waals surface area contributed by atoms with E-state index in [-0.39, 0.29) is 17.9 Å². The van der Waals surface area contributed by atoms with Crippen LogP contribution in [-0.4, -0.2) is 32.7 Å². The van der Waals surface area contributed by atoms with E-state index in [0.717, 1.165) is 0 Å². The van der Waals surface area contributed by atoms with E-state index in [1.807, 2.05) is 0 Å². The minimum Gasteiger partial charge on any atom is -0.481 e. The molecule has 0 aliphatic carbocycles. The maximum atomic E-state index is 11.6. The number of rotatable bonds is 7. The molecule has 0 saturated heterocycles. The predicted octanol–water partition coefficient (Wildman–Crippen LogP) is 1.89. The van der Waals surface area contributed by atoms with Crippen molar-refractivity contribution in [3.63, 3.8) is 0 Å². The first-order valence-corrected chi connectivity index (χ1v) is 7.47. The molecule has 0 fully saturated rings. The predicted molar refractivity (Wildman–Crippen MR) is 74.8 cm³/mol. The van der Waals surface area contributed by atoms with Crippen molar-refractivity contribution in [3.05, 3.63) is 29.3 Å². The number of nitrogens with one attached hydrogen (secondary N) is 1. The smallest absolute Gasteiger partial charge is 0.303 e. The van der Waals surface area contributed by atoms with E-state index >= 15 is 0 Å². The summed E-state index contributed by atoms with van der Waals surface area (Å²) in [6, 6.07) is 6.75. The number of halogens is 1. The Hall–Kier alpha value is -1.40. The number of hydrogen-bond acceptors (Lipinski definition) is 3. The van der Waals surface area contributed by atoms with Gasteiger partial charge in [-0.15, -0.1) is 0 Å². The van der Waals surface area contributed by atoms with Gasteiger partial charge in [-0.2, -0.15) is 0 Å². The third-order valence-electron chi connectivity index (χ3n) is 2.20. The standard InChI is InChI=1S/C12H14ClNO4S/c13-9-4-1-2-5-10(9)14-11(15)8-19(18)7-3-6-12(16)17/h1-2,4-5H,3,6-8H2,(H,14,15)(H,16,17). The molecule has 2 N–H and O–H groups in total. The molecule has 0 radical (unpaired) electrons. The van der Waals surface area contributed by atoms with Gasteiger partial charge in [-0.1, -0.05) is 23.7 Å². The molecule has 1 aromatic carbocycles. The zero-order chi connectivity index (χ0) is 14.3. The molecular weight excluding hydrogens is 290 g/mol. The van der Waals surface area contributed by atoms with Crippen LogP contribution in [-0.2, 0) is 20.4 Å². The lowest BCUT2D eigenvalue weighted by atomic mass is 10.3. The summed E-state index contributed by atoms with van der Waals surface area (Å²) in [6.07, 6.45) is 0.249. The van der Waals surface area contributed by atoms with Crippen molar-refractivity contribution < 1.29 is 18.9 Å². The molecule has 19 heavy (non-hydrogen) atoms. The van der Waals surface area contributed by atoms with Crippen molar-refractivity contribution in [2.75, 3.05) is 16.8 Å². The van der Waals surface area contributed by atoms with Gasteiger partial charge >= 0.3 is 5.97 Å². The van der Waals surface area contributed by atoms with E-state index in [4.69, 9.17) is 16.7 Å². The number of para-hydroxylation sites is 1. The van der Waals surface area contributed by atoms with Gasteiger partial charge in [0.05, 0.1) is 10.7 Å². The first-order chi connectivity index (χ1) is 8.99. The average molecular weight is 304 g/mol. The van der Waals surface area contributed by atoms with Crippen molar-refractivity contribution in [3.8, 4) is 0 Å². The Morgan fingerprint density at radius 3 is 2.63 bits per heavy atom. The third-order valence-corrected chi connectivity index (χ3v) is 3.86. The van der Waals surface area contributed by atoms with E-state index in [1.54, 1.807) is 24.3 Å². The van der Waals surface area contributed by atoms with Crippen molar-refractivity contribution in [1.82, 2.24) is 0 Å². The molecule has 0 bridgehead atoms. The Morgan fingerprint density at radius 1 is 1.32 bits per heavy atom. The number of carboxylic acids is 1. The molecule has 1 unspecified atom stereocenters. The number of benzene rings is 1. The van der Waals surface area contributed by atoms with Gasteiger partial charge in [-0.25, -0.2) is 0 Å². The minimum absolute atomic E-state index is 0.0438. The maximum absolute atomic E-state index is 11.6. The van der Waals surface area contributed by atoms with Crippen molar-refractivity contribution in [2.24, 2.45) is 0 Å². The first kappa shape index (κ1) is 15.7. The average Bonchev–Trinajstić information content (AvgIpc) is 2.31. The molecule has 1 rings (SSSR count). The van der Waals surface area contributed by atoms with Crippen LogP contribution >= 0.6 is 11.6 Å². The summed E-state index contributed by atoms with van der Waals surface area (Å²) in [5, 5.41) is 11.4. The quantitative estimate of drug-likeness (QED) is 0.806. The Labute approximate surface area is 118 Å². The Balaban J connectivity index is 2.37. The molecule has 1 aromatic rings. The number of carboxylic acid groups (broad SMARTS) is 1. The Morgan fingerprint density at radius 2 is 2.00 bits per heavy atom. The molecule has 0 heterocycles. The number of anilines is 1. The van der Waals surface area contributed by atoms with Gasteiger partial charge in [0.2, 0.25) is 5.91 Å². The second kappa shape index (κ2) is 7.91. The summed E-state index contributed by atoms with van der Waals surface area (Å²) >= 11 is 5.87. The fourth-order valence-electron chi connectivity index (χ4n) is 1.35. The minimum atomic E-state index is -1.37. The lowest BCUT2D eigenvalue weighted by molar-refractivity contribution is -0.137. The number of aliphatic carboxylic acids is 1. The largest absolute Gasteiger partial charge is 0.481 e. The summed E-state index contributed by atoms with van der Waals surface area (Å²) in [7, 11) is -1.37. The zero-order valence-electron chi connectivity index (χ0n) is 10.1. The number of carbonyl (C=O) groups is 2. The highest BCUT2D eigenvalue weighted by molar-refractivity contribution is 7.85. The normalized spacial score (nSPS) is 11.8. The van der Waals surface area contributed by atoms with Crippen molar-refractivity contribution >= 4 is 40.0 Å². The van der Waals surface area contributed by atoms with Gasteiger partial charge in [0.1, 0.15) is 5.75 Å². The molecular formula is C12H14ClNO4S. The summed E-state index contributed by atoms with van der Waals surface area (Å²) < 4.78 is 11.5. The van der Waals surface area contributed by atoms with Gasteiger partial charge in [0.25, 0.3) is 0 Å². The van der Waals surface area contributed by atoms with E-state index in [0.29, 0.717) is 17.1 Å². The van der Waals surface area contributed by atoms with Crippen molar-refractivity contribution in [1.29, 1.82) is 0 Å². The zero-order valence-corrected chi connectivity index (χ0v) is 11.7. The molecule has 0 aliphatic heterocycles. The number of hydrogen-bond donors (Lipinski definition) is 2. The van der Waals surface area contributed by atoms with E-state index < -0.39 is 22.7 Å². The second-order valence-electron chi connectivity index (χ2n) is 3.81. The molecule has 7 heteroatoms. The molecule has 1 amide bonds. The second-order valence-corrected chi connectivity index (χ2v) is 5.80. The monoisotopic (exact) mass is 303 g/mol. The van der Waals surface area contributed by atoms with Crippen LogP contribution in [0.3, 0.4) is 0 Å². The highest BCUT2D eigenvalue weighted by atomic mass is 35.5. The molecule has 104 valence electrons.